The maximum absolute atomic E-state index is 13.2. The first-order chi connectivity index (χ1) is 14.4. The molecule has 1 amide bonds. The molecule has 1 aliphatic heterocycles. The van der Waals surface area contributed by atoms with Gasteiger partial charge in [-0.05, 0) is 50.1 Å². The van der Waals surface area contributed by atoms with Gasteiger partial charge >= 0.3 is 0 Å². The first-order valence-electron chi connectivity index (χ1n) is 10.2. The molecule has 0 aliphatic carbocycles. The Morgan fingerprint density at radius 3 is 2.50 bits per heavy atom. The first-order valence-corrected chi connectivity index (χ1v) is 10.2. The minimum atomic E-state index is -0.247. The maximum atomic E-state index is 13.2. The number of aryl methyl sites for hydroxylation is 3. The molecule has 0 spiro atoms. The van der Waals surface area contributed by atoms with Crippen LogP contribution in [0.1, 0.15) is 34.6 Å². The molecule has 0 radical (unpaired) electrons. The van der Waals surface area contributed by atoms with Crippen LogP contribution < -0.4 is 5.32 Å². The van der Waals surface area contributed by atoms with Gasteiger partial charge in [-0.3, -0.25) is 19.1 Å². The fourth-order valence-electron chi connectivity index (χ4n) is 3.97. The summed E-state index contributed by atoms with van der Waals surface area (Å²) in [6, 6.07) is 8.64. The van der Waals surface area contributed by atoms with Gasteiger partial charge in [0.2, 0.25) is 0 Å². The van der Waals surface area contributed by atoms with Crippen LogP contribution in [-0.4, -0.2) is 49.5 Å². The number of benzene rings is 1. The van der Waals surface area contributed by atoms with Gasteiger partial charge in [-0.1, -0.05) is 0 Å². The predicted octanol–water partition coefficient (Wildman–Crippen LogP) is 2.66. The summed E-state index contributed by atoms with van der Waals surface area (Å²) in [6.45, 7) is 4.47. The quantitative estimate of drug-likeness (QED) is 0.702. The Bertz CT molecular complexity index is 1030. The fourth-order valence-corrected chi connectivity index (χ4v) is 3.97. The Morgan fingerprint density at radius 1 is 1.17 bits per heavy atom. The molecule has 1 fully saturated rings. The lowest BCUT2D eigenvalue weighted by Crippen LogP contribution is -2.44. The molecule has 3 heterocycles. The second kappa shape index (κ2) is 8.39. The van der Waals surface area contributed by atoms with E-state index >= 15 is 0 Å². The minimum absolute atomic E-state index is 0.0466. The second-order valence-corrected chi connectivity index (χ2v) is 7.98. The van der Waals surface area contributed by atoms with Gasteiger partial charge in [-0.25, -0.2) is 4.39 Å². The Kier molecular flexibility index (Phi) is 5.67. The zero-order chi connectivity index (χ0) is 21.3. The van der Waals surface area contributed by atoms with E-state index in [2.05, 4.69) is 26.5 Å². The number of halogens is 1. The van der Waals surface area contributed by atoms with Crippen LogP contribution in [0.15, 0.2) is 36.5 Å². The van der Waals surface area contributed by atoms with Crippen LogP contribution >= 0.6 is 0 Å². The number of hydrogen-bond donors (Lipinski definition) is 1. The topological polar surface area (TPSA) is 68.0 Å². The molecule has 1 aliphatic rings. The van der Waals surface area contributed by atoms with E-state index in [-0.39, 0.29) is 17.8 Å². The molecule has 7 nitrogen and oxygen atoms in total. The zero-order valence-electron chi connectivity index (χ0n) is 17.6. The number of carbonyl (C=O) groups excluding carboxylic acids is 1. The van der Waals surface area contributed by atoms with Crippen LogP contribution in [0.3, 0.4) is 0 Å². The molecule has 0 bridgehead atoms. The van der Waals surface area contributed by atoms with E-state index in [1.165, 1.54) is 12.1 Å². The smallest absolute Gasteiger partial charge is 0.254 e. The molecule has 8 heteroatoms. The number of likely N-dealkylation sites (tertiary alicyclic amines) is 1. The summed E-state index contributed by atoms with van der Waals surface area (Å²) in [5, 5.41) is 12.0. The highest BCUT2D eigenvalue weighted by Gasteiger charge is 2.23. The molecule has 0 atom stereocenters. The standard InChI is InChI=1S/C22H27FN6O/c1-15-20(14-27(2)25-15)22(30)24-18-8-10-29(11-9-18)13-19-12-21(26-28(19)3)16-4-6-17(23)7-5-16/h4-7,12,14,18H,8-11,13H2,1-3H3,(H,24,30). The van der Waals surface area contributed by atoms with Crippen molar-refractivity contribution in [2.24, 2.45) is 14.1 Å². The molecule has 0 saturated carbocycles. The summed E-state index contributed by atoms with van der Waals surface area (Å²) in [5.41, 5.74) is 4.26. The van der Waals surface area contributed by atoms with Gasteiger partial charge in [0.1, 0.15) is 5.82 Å². The molecule has 1 N–H and O–H groups in total. The third-order valence-electron chi connectivity index (χ3n) is 5.68. The van der Waals surface area contributed by atoms with Crippen molar-refractivity contribution in [2.45, 2.75) is 32.4 Å². The van der Waals surface area contributed by atoms with Crippen molar-refractivity contribution in [1.29, 1.82) is 0 Å². The number of rotatable bonds is 5. The van der Waals surface area contributed by atoms with Crippen molar-refractivity contribution in [2.75, 3.05) is 13.1 Å². The number of carbonyl (C=O) groups is 1. The highest BCUT2D eigenvalue weighted by Crippen LogP contribution is 2.21. The van der Waals surface area contributed by atoms with Crippen LogP contribution in [-0.2, 0) is 20.6 Å². The third-order valence-corrected chi connectivity index (χ3v) is 5.68. The molecule has 0 unspecified atom stereocenters. The molecule has 1 saturated heterocycles. The van der Waals surface area contributed by atoms with E-state index < -0.39 is 0 Å². The van der Waals surface area contributed by atoms with E-state index in [0.29, 0.717) is 5.56 Å². The van der Waals surface area contributed by atoms with E-state index in [1.54, 1.807) is 23.0 Å². The van der Waals surface area contributed by atoms with Crippen molar-refractivity contribution < 1.29 is 9.18 Å². The third kappa shape index (κ3) is 4.43. The van der Waals surface area contributed by atoms with Crippen molar-refractivity contribution in [3.63, 3.8) is 0 Å². The van der Waals surface area contributed by atoms with Crippen LogP contribution in [0, 0.1) is 12.7 Å². The van der Waals surface area contributed by atoms with E-state index in [0.717, 1.165) is 55.1 Å². The van der Waals surface area contributed by atoms with Gasteiger partial charge in [0.25, 0.3) is 5.91 Å². The van der Waals surface area contributed by atoms with Crippen molar-refractivity contribution >= 4 is 5.91 Å². The van der Waals surface area contributed by atoms with Crippen LogP contribution in [0.4, 0.5) is 4.39 Å². The number of aromatic nitrogens is 4. The molecule has 3 aromatic rings. The first kappa shape index (κ1) is 20.3. The minimum Gasteiger partial charge on any atom is -0.349 e. The molecular weight excluding hydrogens is 383 g/mol. The Morgan fingerprint density at radius 2 is 1.87 bits per heavy atom. The summed E-state index contributed by atoms with van der Waals surface area (Å²) in [7, 11) is 3.76. The number of piperidine rings is 1. The van der Waals surface area contributed by atoms with Crippen molar-refractivity contribution in [1.82, 2.24) is 29.8 Å². The monoisotopic (exact) mass is 410 g/mol. The molecule has 1 aromatic carbocycles. The molecule has 2 aromatic heterocycles. The lowest BCUT2D eigenvalue weighted by atomic mass is 10.0. The van der Waals surface area contributed by atoms with Gasteiger partial charge < -0.3 is 5.32 Å². The molecular formula is C22H27FN6O. The van der Waals surface area contributed by atoms with E-state index in [9.17, 15) is 9.18 Å². The van der Waals surface area contributed by atoms with Crippen molar-refractivity contribution in [3.8, 4) is 11.3 Å². The van der Waals surface area contributed by atoms with Crippen LogP contribution in [0.2, 0.25) is 0 Å². The largest absolute Gasteiger partial charge is 0.349 e. The maximum Gasteiger partial charge on any atom is 0.254 e. The normalized spacial score (nSPS) is 15.5. The average Bonchev–Trinajstić information content (AvgIpc) is 3.25. The van der Waals surface area contributed by atoms with E-state index in [1.807, 2.05) is 25.7 Å². The molecule has 30 heavy (non-hydrogen) atoms. The van der Waals surface area contributed by atoms with E-state index in [4.69, 9.17) is 0 Å². The van der Waals surface area contributed by atoms with Crippen LogP contribution in [0.5, 0.6) is 0 Å². The summed E-state index contributed by atoms with van der Waals surface area (Å²) < 4.78 is 16.7. The van der Waals surface area contributed by atoms with Crippen molar-refractivity contribution in [3.05, 3.63) is 59.3 Å². The number of amides is 1. The second-order valence-electron chi connectivity index (χ2n) is 7.98. The lowest BCUT2D eigenvalue weighted by Gasteiger charge is -2.32. The van der Waals surface area contributed by atoms with Gasteiger partial charge in [0, 0.05) is 51.5 Å². The Hall–Kier alpha value is -3.00. The van der Waals surface area contributed by atoms with Crippen LogP contribution in [0.25, 0.3) is 11.3 Å². The molecule has 4 rings (SSSR count). The number of nitrogens with zero attached hydrogens (tertiary/aromatic N) is 5. The Balaban J connectivity index is 1.32. The number of nitrogens with one attached hydrogen (secondary N) is 1. The van der Waals surface area contributed by atoms with Gasteiger partial charge in [-0.15, -0.1) is 0 Å². The summed E-state index contributed by atoms with van der Waals surface area (Å²) in [5.74, 6) is -0.293. The Labute approximate surface area is 175 Å². The van der Waals surface area contributed by atoms with Gasteiger partial charge in [0.15, 0.2) is 0 Å². The highest BCUT2D eigenvalue weighted by molar-refractivity contribution is 5.95. The molecule has 158 valence electrons. The van der Waals surface area contributed by atoms with Gasteiger partial charge in [-0.2, -0.15) is 10.2 Å². The summed E-state index contributed by atoms with van der Waals surface area (Å²) in [6.07, 6.45) is 3.59. The highest BCUT2D eigenvalue weighted by atomic mass is 19.1. The predicted molar refractivity (Wildman–Crippen MR) is 112 cm³/mol. The fraction of sp³-hybridized carbons (Fsp3) is 0.409. The number of hydrogen-bond acceptors (Lipinski definition) is 4. The summed E-state index contributed by atoms with van der Waals surface area (Å²) >= 11 is 0. The summed E-state index contributed by atoms with van der Waals surface area (Å²) in [4.78, 5) is 14.9. The average molecular weight is 410 g/mol. The SMILES string of the molecule is Cc1nn(C)cc1C(=O)NC1CCN(Cc2cc(-c3ccc(F)cc3)nn2C)CC1. The van der Waals surface area contributed by atoms with Gasteiger partial charge in [0.05, 0.1) is 22.6 Å². The lowest BCUT2D eigenvalue weighted by molar-refractivity contribution is 0.0907. The zero-order valence-corrected chi connectivity index (χ0v) is 17.6.